The van der Waals surface area contributed by atoms with E-state index in [4.69, 9.17) is 5.73 Å². The standard InChI is InChI=1S/C17H9F11N2O/c18-12-8(2-1-3-10(12)29)13(31)30-11-5-4-7(6-9(11)15(20,21)22)14(19,16(23,24)25)17(26,27)28/h1-6H,29H2,(H,30,31). The number of anilines is 2. The van der Waals surface area contributed by atoms with Crippen LogP contribution in [0.3, 0.4) is 0 Å². The van der Waals surface area contributed by atoms with E-state index in [1.165, 1.54) is 5.32 Å². The molecular formula is C17H9F11N2O. The minimum atomic E-state index is -6.65. The number of halogens is 11. The number of hydrogen-bond donors (Lipinski definition) is 2. The minimum Gasteiger partial charge on any atom is -0.396 e. The van der Waals surface area contributed by atoms with Gasteiger partial charge < -0.3 is 11.1 Å². The fourth-order valence-corrected chi connectivity index (χ4v) is 2.50. The molecule has 0 radical (unpaired) electrons. The van der Waals surface area contributed by atoms with E-state index in [2.05, 4.69) is 0 Å². The molecule has 0 aliphatic heterocycles. The first-order valence-electron chi connectivity index (χ1n) is 7.80. The number of alkyl halides is 10. The van der Waals surface area contributed by atoms with Gasteiger partial charge in [0.25, 0.3) is 5.91 Å². The van der Waals surface area contributed by atoms with Crippen LogP contribution in [-0.2, 0) is 11.8 Å². The van der Waals surface area contributed by atoms with Crippen LogP contribution in [0.2, 0.25) is 0 Å². The van der Waals surface area contributed by atoms with E-state index in [9.17, 15) is 53.1 Å². The normalized spacial score (nSPS) is 13.3. The summed E-state index contributed by atoms with van der Waals surface area (Å²) in [6.07, 6.45) is -18.9. The summed E-state index contributed by atoms with van der Waals surface area (Å²) < 4.78 is 145. The van der Waals surface area contributed by atoms with Crippen LogP contribution in [0.1, 0.15) is 21.5 Å². The smallest absolute Gasteiger partial charge is 0.396 e. The van der Waals surface area contributed by atoms with Gasteiger partial charge in [-0.3, -0.25) is 4.79 Å². The summed E-state index contributed by atoms with van der Waals surface area (Å²) in [5.74, 6) is -2.87. The highest BCUT2D eigenvalue weighted by Gasteiger charge is 2.73. The van der Waals surface area contributed by atoms with Gasteiger partial charge in [0.2, 0.25) is 0 Å². The molecule has 2 rings (SSSR count). The summed E-state index contributed by atoms with van der Waals surface area (Å²) in [5.41, 5.74) is -8.30. The molecule has 2 aromatic rings. The van der Waals surface area contributed by atoms with Crippen molar-refractivity contribution < 1.29 is 53.1 Å². The molecular weight excluding hydrogens is 457 g/mol. The largest absolute Gasteiger partial charge is 0.435 e. The maximum atomic E-state index is 14.1. The predicted octanol–water partition coefficient (Wildman–Crippen LogP) is 5.97. The molecule has 0 bridgehead atoms. The van der Waals surface area contributed by atoms with E-state index >= 15 is 0 Å². The third-order valence-electron chi connectivity index (χ3n) is 4.03. The molecule has 0 aromatic heterocycles. The Morgan fingerprint density at radius 1 is 0.839 bits per heavy atom. The lowest BCUT2D eigenvalue weighted by Gasteiger charge is -2.31. The van der Waals surface area contributed by atoms with Crippen molar-refractivity contribution in [3.05, 3.63) is 58.9 Å². The van der Waals surface area contributed by atoms with E-state index in [-0.39, 0.29) is 12.1 Å². The molecule has 31 heavy (non-hydrogen) atoms. The molecule has 0 heterocycles. The van der Waals surface area contributed by atoms with Crippen molar-refractivity contribution in [2.24, 2.45) is 0 Å². The van der Waals surface area contributed by atoms with Crippen molar-refractivity contribution in [1.82, 2.24) is 0 Å². The number of nitrogen functional groups attached to an aromatic ring is 1. The average molecular weight is 466 g/mol. The van der Waals surface area contributed by atoms with Gasteiger partial charge in [0.15, 0.2) is 5.82 Å². The first-order valence-corrected chi connectivity index (χ1v) is 7.80. The zero-order chi connectivity index (χ0) is 24.0. The Balaban J connectivity index is 2.62. The SMILES string of the molecule is Nc1cccc(C(=O)Nc2ccc(C(F)(C(F)(F)F)C(F)(F)F)cc2C(F)(F)F)c1F. The minimum absolute atomic E-state index is 0.00787. The van der Waals surface area contributed by atoms with Crippen LogP contribution < -0.4 is 11.1 Å². The molecule has 2 aromatic carbocycles. The van der Waals surface area contributed by atoms with Gasteiger partial charge in [-0.25, -0.2) is 8.78 Å². The fraction of sp³-hybridized carbons (Fsp3) is 0.235. The molecule has 1 amide bonds. The summed E-state index contributed by atoms with van der Waals surface area (Å²) in [5, 5.41) is 1.52. The van der Waals surface area contributed by atoms with Gasteiger partial charge in [-0.2, -0.15) is 39.5 Å². The fourth-order valence-electron chi connectivity index (χ4n) is 2.50. The second kappa shape index (κ2) is 7.57. The summed E-state index contributed by atoms with van der Waals surface area (Å²) in [4.78, 5) is 12.1. The summed E-state index contributed by atoms with van der Waals surface area (Å²) in [6.45, 7) is 0. The molecule has 0 fully saturated rings. The number of amides is 1. The monoisotopic (exact) mass is 466 g/mol. The Bertz CT molecular complexity index is 979. The third-order valence-corrected chi connectivity index (χ3v) is 4.03. The van der Waals surface area contributed by atoms with Crippen LogP contribution in [0.5, 0.6) is 0 Å². The highest BCUT2D eigenvalue weighted by atomic mass is 19.4. The van der Waals surface area contributed by atoms with Crippen molar-refractivity contribution in [3.63, 3.8) is 0 Å². The van der Waals surface area contributed by atoms with Gasteiger partial charge >= 0.3 is 24.2 Å². The maximum Gasteiger partial charge on any atom is 0.435 e. The van der Waals surface area contributed by atoms with Crippen LogP contribution in [0.15, 0.2) is 36.4 Å². The number of rotatable bonds is 3. The van der Waals surface area contributed by atoms with Crippen molar-refractivity contribution in [3.8, 4) is 0 Å². The van der Waals surface area contributed by atoms with E-state index in [1.807, 2.05) is 0 Å². The lowest BCUT2D eigenvalue weighted by molar-refractivity contribution is -0.348. The van der Waals surface area contributed by atoms with Crippen molar-refractivity contribution >= 4 is 17.3 Å². The van der Waals surface area contributed by atoms with Gasteiger partial charge in [0.1, 0.15) is 0 Å². The molecule has 0 aliphatic carbocycles. The number of hydrogen-bond acceptors (Lipinski definition) is 2. The first-order chi connectivity index (χ1) is 13.9. The molecule has 14 heteroatoms. The Morgan fingerprint density at radius 2 is 1.39 bits per heavy atom. The summed E-state index contributed by atoms with van der Waals surface area (Å²) in [6, 6.07) is 1.92. The van der Waals surface area contributed by atoms with Crippen LogP contribution in [0, 0.1) is 5.82 Å². The highest BCUT2D eigenvalue weighted by molar-refractivity contribution is 6.05. The van der Waals surface area contributed by atoms with Crippen LogP contribution >= 0.6 is 0 Å². The number of carbonyl (C=O) groups excluding carboxylic acids is 1. The quantitative estimate of drug-likeness (QED) is 0.433. The van der Waals surface area contributed by atoms with E-state index in [0.717, 1.165) is 18.2 Å². The molecule has 0 saturated heterocycles. The van der Waals surface area contributed by atoms with Crippen molar-refractivity contribution in [1.29, 1.82) is 0 Å². The number of nitrogens with two attached hydrogens (primary N) is 1. The van der Waals surface area contributed by atoms with Crippen molar-refractivity contribution in [2.75, 3.05) is 11.1 Å². The Labute approximate surface area is 165 Å². The molecule has 3 nitrogen and oxygen atoms in total. The molecule has 3 N–H and O–H groups in total. The predicted molar refractivity (Wildman–Crippen MR) is 85.1 cm³/mol. The van der Waals surface area contributed by atoms with Crippen molar-refractivity contribution in [2.45, 2.75) is 24.2 Å². The lowest BCUT2D eigenvalue weighted by Crippen LogP contribution is -2.50. The van der Waals surface area contributed by atoms with Gasteiger partial charge in [-0.05, 0) is 24.3 Å². The van der Waals surface area contributed by atoms with Gasteiger partial charge in [-0.15, -0.1) is 0 Å². The van der Waals surface area contributed by atoms with Gasteiger partial charge in [-0.1, -0.05) is 12.1 Å². The first kappa shape index (κ1) is 24.2. The number of benzene rings is 2. The Kier molecular flexibility index (Phi) is 5.91. The highest BCUT2D eigenvalue weighted by Crippen LogP contribution is 2.54. The molecule has 0 unspecified atom stereocenters. The molecule has 0 aliphatic rings. The third kappa shape index (κ3) is 4.37. The zero-order valence-corrected chi connectivity index (χ0v) is 14.6. The average Bonchev–Trinajstić information content (AvgIpc) is 2.60. The lowest BCUT2D eigenvalue weighted by atomic mass is 9.92. The number of carbonyl (C=O) groups is 1. The van der Waals surface area contributed by atoms with E-state index in [1.54, 1.807) is 0 Å². The topological polar surface area (TPSA) is 55.1 Å². The van der Waals surface area contributed by atoms with Crippen LogP contribution in [0.4, 0.5) is 59.7 Å². The zero-order valence-electron chi connectivity index (χ0n) is 14.6. The molecule has 0 spiro atoms. The maximum absolute atomic E-state index is 14.1. The Hall–Kier alpha value is -3.06. The second-order valence-electron chi connectivity index (χ2n) is 6.08. The van der Waals surface area contributed by atoms with E-state index in [0.29, 0.717) is 0 Å². The molecule has 170 valence electrons. The van der Waals surface area contributed by atoms with Crippen LogP contribution in [0.25, 0.3) is 0 Å². The molecule has 0 saturated carbocycles. The Morgan fingerprint density at radius 3 is 1.87 bits per heavy atom. The second-order valence-corrected chi connectivity index (χ2v) is 6.08. The summed E-state index contributed by atoms with van der Waals surface area (Å²) >= 11 is 0. The molecule has 0 atom stereocenters. The van der Waals surface area contributed by atoms with Crippen LogP contribution in [-0.4, -0.2) is 18.3 Å². The summed E-state index contributed by atoms with van der Waals surface area (Å²) in [7, 11) is 0. The van der Waals surface area contributed by atoms with Gasteiger partial charge in [0, 0.05) is 5.56 Å². The van der Waals surface area contributed by atoms with Gasteiger partial charge in [0.05, 0.1) is 22.5 Å². The van der Waals surface area contributed by atoms with E-state index < -0.39 is 70.1 Å². The number of nitrogens with one attached hydrogen (secondary N) is 1.